The van der Waals surface area contributed by atoms with Gasteiger partial charge in [0.2, 0.25) is 5.91 Å². The van der Waals surface area contributed by atoms with Crippen molar-refractivity contribution >= 4 is 40.6 Å². The highest BCUT2D eigenvalue weighted by atomic mass is 35.5. The Morgan fingerprint density at radius 2 is 1.96 bits per heavy atom. The van der Waals surface area contributed by atoms with Gasteiger partial charge >= 0.3 is 6.18 Å². The van der Waals surface area contributed by atoms with Gasteiger partial charge in [-0.15, -0.1) is 11.8 Å². The molecule has 1 atom stereocenters. The van der Waals surface area contributed by atoms with Crippen molar-refractivity contribution in [2.45, 2.75) is 23.2 Å². The summed E-state index contributed by atoms with van der Waals surface area (Å²) < 4.78 is 39.1. The van der Waals surface area contributed by atoms with E-state index >= 15 is 0 Å². The molecule has 0 aliphatic heterocycles. The minimum Gasteiger partial charge on any atom is -0.399 e. The Morgan fingerprint density at radius 1 is 1.25 bits per heavy atom. The van der Waals surface area contributed by atoms with E-state index in [-0.39, 0.29) is 10.7 Å². The van der Waals surface area contributed by atoms with E-state index in [9.17, 15) is 18.0 Å². The van der Waals surface area contributed by atoms with Gasteiger partial charge in [0.25, 0.3) is 0 Å². The second kappa shape index (κ2) is 7.36. The molecule has 3 nitrogen and oxygen atoms in total. The first-order chi connectivity index (χ1) is 11.2. The maximum absolute atomic E-state index is 13.0. The smallest absolute Gasteiger partial charge is 0.399 e. The number of amides is 1. The number of alkyl halides is 3. The number of hydrogen-bond acceptors (Lipinski definition) is 3. The average Bonchev–Trinajstić information content (AvgIpc) is 2.48. The van der Waals surface area contributed by atoms with Gasteiger partial charge in [0.1, 0.15) is 0 Å². The van der Waals surface area contributed by atoms with Crippen molar-refractivity contribution in [2.75, 3.05) is 11.1 Å². The number of anilines is 2. The summed E-state index contributed by atoms with van der Waals surface area (Å²) in [5, 5.41) is 1.65. The summed E-state index contributed by atoms with van der Waals surface area (Å²) in [6, 6.07) is 10.1. The second-order valence-corrected chi connectivity index (χ2v) is 6.86. The zero-order valence-corrected chi connectivity index (χ0v) is 14.1. The van der Waals surface area contributed by atoms with E-state index in [2.05, 4.69) is 5.32 Å². The topological polar surface area (TPSA) is 55.1 Å². The van der Waals surface area contributed by atoms with Crippen LogP contribution < -0.4 is 11.1 Å². The van der Waals surface area contributed by atoms with Crippen LogP contribution in [0.15, 0.2) is 47.4 Å². The molecule has 1 unspecified atom stereocenters. The maximum atomic E-state index is 13.0. The van der Waals surface area contributed by atoms with Crippen LogP contribution in [0.1, 0.15) is 12.5 Å². The lowest BCUT2D eigenvalue weighted by Gasteiger charge is -2.16. The Kier molecular flexibility index (Phi) is 5.66. The summed E-state index contributed by atoms with van der Waals surface area (Å²) >= 11 is 6.82. The monoisotopic (exact) mass is 374 g/mol. The minimum absolute atomic E-state index is 0.0532. The molecular weight excluding hydrogens is 361 g/mol. The zero-order chi connectivity index (χ0) is 17.9. The number of carbonyl (C=O) groups excluding carboxylic acids is 1. The molecule has 2 aromatic carbocycles. The predicted octanol–water partition coefficient (Wildman–Crippen LogP) is 5.06. The third-order valence-electron chi connectivity index (χ3n) is 3.09. The molecule has 128 valence electrons. The largest absolute Gasteiger partial charge is 0.418 e. The molecule has 8 heteroatoms. The quantitative estimate of drug-likeness (QED) is 0.581. The average molecular weight is 375 g/mol. The first-order valence-electron chi connectivity index (χ1n) is 6.86. The summed E-state index contributed by atoms with van der Waals surface area (Å²) in [5.74, 6) is -0.546. The fourth-order valence-corrected chi connectivity index (χ4v) is 3.05. The van der Waals surface area contributed by atoms with Gasteiger partial charge < -0.3 is 11.1 Å². The van der Waals surface area contributed by atoms with E-state index in [4.69, 9.17) is 17.3 Å². The third kappa shape index (κ3) is 4.82. The molecular formula is C16H14ClF3N2OS. The molecule has 24 heavy (non-hydrogen) atoms. The van der Waals surface area contributed by atoms with Crippen molar-refractivity contribution in [2.24, 2.45) is 0 Å². The van der Waals surface area contributed by atoms with Gasteiger partial charge in [-0.1, -0.05) is 17.7 Å². The molecule has 0 heterocycles. The van der Waals surface area contributed by atoms with Gasteiger partial charge in [-0.3, -0.25) is 4.79 Å². The number of rotatable bonds is 4. The highest BCUT2D eigenvalue weighted by Crippen LogP contribution is 2.37. The van der Waals surface area contributed by atoms with Crippen LogP contribution in [0.4, 0.5) is 24.5 Å². The van der Waals surface area contributed by atoms with Gasteiger partial charge in [0.15, 0.2) is 0 Å². The molecule has 0 aliphatic rings. The zero-order valence-electron chi connectivity index (χ0n) is 12.5. The second-order valence-electron chi connectivity index (χ2n) is 5.01. The number of carbonyl (C=O) groups is 1. The molecule has 0 saturated carbocycles. The number of thioether (sulfide) groups is 1. The number of nitrogens with one attached hydrogen (secondary N) is 1. The highest BCUT2D eigenvalue weighted by Gasteiger charge is 2.34. The van der Waals surface area contributed by atoms with Crippen LogP contribution >= 0.6 is 23.4 Å². The third-order valence-corrected chi connectivity index (χ3v) is 4.41. The molecule has 0 saturated heterocycles. The lowest BCUT2D eigenvalue weighted by Crippen LogP contribution is -2.24. The Labute approximate surface area is 146 Å². The van der Waals surface area contributed by atoms with Crippen LogP contribution in [0.3, 0.4) is 0 Å². The summed E-state index contributed by atoms with van der Waals surface area (Å²) in [6.07, 6.45) is -4.61. The predicted molar refractivity (Wildman–Crippen MR) is 91.3 cm³/mol. The SMILES string of the molecule is CC(Sc1cccc(N)c1)C(=O)Nc1ccc(Cl)cc1C(F)(F)F. The molecule has 0 bridgehead atoms. The number of hydrogen-bond donors (Lipinski definition) is 2. The fraction of sp³-hybridized carbons (Fsp3) is 0.188. The highest BCUT2D eigenvalue weighted by molar-refractivity contribution is 8.00. The van der Waals surface area contributed by atoms with E-state index < -0.39 is 22.9 Å². The summed E-state index contributed by atoms with van der Waals surface area (Å²) in [7, 11) is 0. The first-order valence-corrected chi connectivity index (χ1v) is 8.12. The lowest BCUT2D eigenvalue weighted by atomic mass is 10.1. The van der Waals surface area contributed by atoms with E-state index in [1.165, 1.54) is 17.8 Å². The van der Waals surface area contributed by atoms with Crippen LogP contribution in [0.2, 0.25) is 5.02 Å². The van der Waals surface area contributed by atoms with Crippen LogP contribution in [-0.4, -0.2) is 11.2 Å². The summed E-state index contributed by atoms with van der Waals surface area (Å²) in [5.41, 5.74) is 4.91. The summed E-state index contributed by atoms with van der Waals surface area (Å²) in [4.78, 5) is 13.0. The van der Waals surface area contributed by atoms with Crippen LogP contribution in [0.5, 0.6) is 0 Å². The maximum Gasteiger partial charge on any atom is 0.418 e. The summed E-state index contributed by atoms with van der Waals surface area (Å²) in [6.45, 7) is 1.60. The Morgan fingerprint density at radius 3 is 2.58 bits per heavy atom. The van der Waals surface area contributed by atoms with Crippen molar-refractivity contribution in [1.29, 1.82) is 0 Å². The number of nitrogens with two attached hydrogens (primary N) is 1. The fourth-order valence-electron chi connectivity index (χ4n) is 1.94. The number of halogens is 4. The Bertz CT molecular complexity index is 752. The number of nitrogen functional groups attached to an aromatic ring is 1. The molecule has 2 rings (SSSR count). The van der Waals surface area contributed by atoms with Crippen molar-refractivity contribution in [3.05, 3.63) is 53.1 Å². The van der Waals surface area contributed by atoms with Crippen molar-refractivity contribution in [3.63, 3.8) is 0 Å². The van der Waals surface area contributed by atoms with E-state index in [0.29, 0.717) is 5.69 Å². The van der Waals surface area contributed by atoms with Crippen LogP contribution in [-0.2, 0) is 11.0 Å². The van der Waals surface area contributed by atoms with E-state index in [1.54, 1.807) is 31.2 Å². The van der Waals surface area contributed by atoms with E-state index in [0.717, 1.165) is 17.0 Å². The molecule has 0 spiro atoms. The molecule has 0 fully saturated rings. The molecule has 3 N–H and O–H groups in total. The first kappa shape index (κ1) is 18.5. The van der Waals surface area contributed by atoms with Crippen molar-refractivity contribution < 1.29 is 18.0 Å². The molecule has 2 aromatic rings. The Hall–Kier alpha value is -1.86. The lowest BCUT2D eigenvalue weighted by molar-refractivity contribution is -0.137. The van der Waals surface area contributed by atoms with Gasteiger partial charge in [-0.25, -0.2) is 0 Å². The van der Waals surface area contributed by atoms with Crippen LogP contribution in [0, 0.1) is 0 Å². The molecule has 0 radical (unpaired) electrons. The molecule has 0 aliphatic carbocycles. The molecule has 0 aromatic heterocycles. The van der Waals surface area contributed by atoms with Gasteiger partial charge in [0, 0.05) is 15.6 Å². The van der Waals surface area contributed by atoms with Gasteiger partial charge in [-0.05, 0) is 43.3 Å². The van der Waals surface area contributed by atoms with Crippen LogP contribution in [0.25, 0.3) is 0 Å². The number of benzene rings is 2. The Balaban J connectivity index is 2.14. The molecule has 1 amide bonds. The van der Waals surface area contributed by atoms with Crippen molar-refractivity contribution in [1.82, 2.24) is 0 Å². The van der Waals surface area contributed by atoms with E-state index in [1.807, 2.05) is 0 Å². The van der Waals surface area contributed by atoms with Crippen molar-refractivity contribution in [3.8, 4) is 0 Å². The standard InChI is InChI=1S/C16H14ClF3N2OS/c1-9(24-12-4-2-3-11(21)8-12)15(23)22-14-6-5-10(17)7-13(14)16(18,19)20/h2-9H,21H2,1H3,(H,22,23). The minimum atomic E-state index is -4.61. The normalized spacial score (nSPS) is 12.7. The van der Waals surface area contributed by atoms with Gasteiger partial charge in [0.05, 0.1) is 16.5 Å². The van der Waals surface area contributed by atoms with Gasteiger partial charge in [-0.2, -0.15) is 13.2 Å².